The number of para-hydroxylation sites is 1. The van der Waals surface area contributed by atoms with Gasteiger partial charge in [0.2, 0.25) is 5.91 Å². The molecular formula is C18H17ClN4O2S. The van der Waals surface area contributed by atoms with Crippen molar-refractivity contribution in [2.45, 2.75) is 17.0 Å². The van der Waals surface area contributed by atoms with Crippen LogP contribution in [0.3, 0.4) is 0 Å². The Balaban J connectivity index is 1.74. The number of benzene rings is 2. The van der Waals surface area contributed by atoms with Crippen LogP contribution in [0.15, 0.2) is 59.8 Å². The monoisotopic (exact) mass is 388 g/mol. The van der Waals surface area contributed by atoms with Crippen molar-refractivity contribution < 1.29 is 9.53 Å². The van der Waals surface area contributed by atoms with Gasteiger partial charge in [0.15, 0.2) is 11.0 Å². The first-order valence-corrected chi connectivity index (χ1v) is 9.08. The van der Waals surface area contributed by atoms with Crippen LogP contribution in [-0.2, 0) is 18.4 Å². The lowest BCUT2D eigenvalue weighted by Gasteiger charge is -2.13. The number of amides is 1. The van der Waals surface area contributed by atoms with E-state index in [2.05, 4.69) is 10.2 Å². The summed E-state index contributed by atoms with van der Waals surface area (Å²) in [5.41, 5.74) is 6.39. The molecule has 26 heavy (non-hydrogen) atoms. The van der Waals surface area contributed by atoms with Crippen LogP contribution in [0.1, 0.15) is 16.6 Å². The second-order valence-corrected chi connectivity index (χ2v) is 6.97. The minimum absolute atomic E-state index is 0.209. The standard InChI is InChI=1S/C18H17ClN4O2S/c1-23-15(11-25-14-10-6-5-9-13(14)19)21-22-18(23)26-16(17(20)24)12-7-3-2-4-8-12/h2-10,16H,11H2,1H3,(H2,20,24). The molecule has 0 saturated carbocycles. The van der Waals surface area contributed by atoms with Crippen molar-refractivity contribution in [3.05, 3.63) is 71.0 Å². The second kappa shape index (κ2) is 8.25. The van der Waals surface area contributed by atoms with E-state index in [0.717, 1.165) is 5.56 Å². The lowest BCUT2D eigenvalue weighted by molar-refractivity contribution is -0.117. The van der Waals surface area contributed by atoms with Crippen LogP contribution in [0.5, 0.6) is 5.75 Å². The minimum atomic E-state index is -0.545. The molecule has 2 aromatic carbocycles. The maximum absolute atomic E-state index is 11.9. The van der Waals surface area contributed by atoms with Gasteiger partial charge in [0.05, 0.1) is 5.02 Å². The number of hydrogen-bond donors (Lipinski definition) is 1. The van der Waals surface area contributed by atoms with Crippen molar-refractivity contribution in [3.8, 4) is 5.75 Å². The first-order valence-electron chi connectivity index (χ1n) is 7.82. The topological polar surface area (TPSA) is 83.0 Å². The van der Waals surface area contributed by atoms with Crippen molar-refractivity contribution >= 4 is 29.3 Å². The van der Waals surface area contributed by atoms with E-state index in [-0.39, 0.29) is 6.61 Å². The van der Waals surface area contributed by atoms with E-state index in [4.69, 9.17) is 22.1 Å². The van der Waals surface area contributed by atoms with Gasteiger partial charge in [-0.05, 0) is 17.7 Å². The Hall–Kier alpha value is -2.51. The average Bonchev–Trinajstić information content (AvgIpc) is 2.99. The Bertz CT molecular complexity index is 901. The molecule has 134 valence electrons. The highest BCUT2D eigenvalue weighted by Gasteiger charge is 2.22. The summed E-state index contributed by atoms with van der Waals surface area (Å²) in [5.74, 6) is 0.757. The summed E-state index contributed by atoms with van der Waals surface area (Å²) in [6.45, 7) is 0.209. The zero-order chi connectivity index (χ0) is 18.5. The molecule has 0 saturated heterocycles. The Morgan fingerprint density at radius 1 is 1.19 bits per heavy atom. The first-order chi connectivity index (χ1) is 12.6. The van der Waals surface area contributed by atoms with Crippen LogP contribution in [0.4, 0.5) is 0 Å². The lowest BCUT2D eigenvalue weighted by atomic mass is 10.1. The fraction of sp³-hybridized carbons (Fsp3) is 0.167. The number of thioether (sulfide) groups is 1. The van der Waals surface area contributed by atoms with E-state index in [1.54, 1.807) is 16.7 Å². The quantitative estimate of drug-likeness (QED) is 0.627. The van der Waals surface area contributed by atoms with Crippen LogP contribution >= 0.6 is 23.4 Å². The van der Waals surface area contributed by atoms with Gasteiger partial charge in [-0.25, -0.2) is 0 Å². The van der Waals surface area contributed by atoms with Crippen LogP contribution in [-0.4, -0.2) is 20.7 Å². The molecule has 0 aliphatic rings. The molecule has 1 aromatic heterocycles. The Labute approximate surface area is 160 Å². The zero-order valence-corrected chi connectivity index (χ0v) is 15.6. The highest BCUT2D eigenvalue weighted by atomic mass is 35.5. The Kier molecular flexibility index (Phi) is 5.80. The Morgan fingerprint density at radius 2 is 1.88 bits per heavy atom. The summed E-state index contributed by atoms with van der Waals surface area (Å²) >= 11 is 7.34. The molecule has 1 atom stereocenters. The summed E-state index contributed by atoms with van der Waals surface area (Å²) in [4.78, 5) is 11.9. The van der Waals surface area contributed by atoms with Crippen LogP contribution in [0.25, 0.3) is 0 Å². The highest BCUT2D eigenvalue weighted by Crippen LogP contribution is 2.34. The molecule has 3 rings (SSSR count). The number of primary amides is 1. The smallest absolute Gasteiger partial charge is 0.235 e. The molecule has 0 spiro atoms. The van der Waals surface area contributed by atoms with Gasteiger partial charge in [0.25, 0.3) is 0 Å². The number of nitrogens with zero attached hydrogens (tertiary/aromatic N) is 3. The summed E-state index contributed by atoms with van der Waals surface area (Å²) < 4.78 is 7.48. The maximum Gasteiger partial charge on any atom is 0.235 e. The largest absolute Gasteiger partial charge is 0.484 e. The molecular weight excluding hydrogens is 372 g/mol. The number of hydrogen-bond acceptors (Lipinski definition) is 5. The van der Waals surface area contributed by atoms with Gasteiger partial charge in [-0.3, -0.25) is 4.79 Å². The van der Waals surface area contributed by atoms with Gasteiger partial charge in [-0.2, -0.15) is 0 Å². The lowest BCUT2D eigenvalue weighted by Crippen LogP contribution is -2.19. The minimum Gasteiger partial charge on any atom is -0.484 e. The molecule has 0 aliphatic carbocycles. The van der Waals surface area contributed by atoms with Crippen molar-refractivity contribution in [1.82, 2.24) is 14.8 Å². The number of nitrogens with two attached hydrogens (primary N) is 1. The predicted octanol–water partition coefficient (Wildman–Crippen LogP) is 3.37. The van der Waals surface area contributed by atoms with Gasteiger partial charge >= 0.3 is 0 Å². The van der Waals surface area contributed by atoms with Gasteiger partial charge in [0, 0.05) is 7.05 Å². The molecule has 1 unspecified atom stereocenters. The maximum atomic E-state index is 11.9. The molecule has 1 heterocycles. The number of aromatic nitrogens is 3. The molecule has 0 radical (unpaired) electrons. The predicted molar refractivity (Wildman–Crippen MR) is 101 cm³/mol. The molecule has 6 nitrogen and oxygen atoms in total. The molecule has 1 amide bonds. The van der Waals surface area contributed by atoms with Crippen LogP contribution in [0, 0.1) is 0 Å². The third-order valence-electron chi connectivity index (χ3n) is 3.70. The molecule has 0 bridgehead atoms. The third-order valence-corrected chi connectivity index (χ3v) is 5.32. The van der Waals surface area contributed by atoms with Gasteiger partial charge < -0.3 is 15.0 Å². The SMILES string of the molecule is Cn1c(COc2ccccc2Cl)nnc1SC(C(N)=O)c1ccccc1. The van der Waals surface area contributed by atoms with E-state index in [9.17, 15) is 4.79 Å². The van der Waals surface area contributed by atoms with Gasteiger partial charge in [-0.15, -0.1) is 10.2 Å². The number of ether oxygens (including phenoxy) is 1. The zero-order valence-electron chi connectivity index (χ0n) is 14.0. The fourth-order valence-electron chi connectivity index (χ4n) is 2.30. The summed E-state index contributed by atoms with van der Waals surface area (Å²) in [6.07, 6.45) is 0. The average molecular weight is 389 g/mol. The second-order valence-electron chi connectivity index (χ2n) is 5.49. The Morgan fingerprint density at radius 3 is 2.58 bits per heavy atom. The van der Waals surface area contributed by atoms with Gasteiger partial charge in [0.1, 0.15) is 17.6 Å². The highest BCUT2D eigenvalue weighted by molar-refractivity contribution is 8.00. The van der Waals surface area contributed by atoms with E-state index in [0.29, 0.717) is 21.8 Å². The summed E-state index contributed by atoms with van der Waals surface area (Å²) in [6, 6.07) is 16.6. The molecule has 2 N–H and O–H groups in total. The summed E-state index contributed by atoms with van der Waals surface area (Å²) in [7, 11) is 1.82. The van der Waals surface area contributed by atoms with E-state index in [1.165, 1.54) is 11.8 Å². The number of carbonyl (C=O) groups is 1. The van der Waals surface area contributed by atoms with Crippen LogP contribution in [0.2, 0.25) is 5.02 Å². The normalized spacial score (nSPS) is 11.9. The molecule has 0 aliphatic heterocycles. The van der Waals surface area contributed by atoms with Crippen molar-refractivity contribution in [2.75, 3.05) is 0 Å². The number of rotatable bonds is 7. The summed E-state index contributed by atoms with van der Waals surface area (Å²) in [5, 5.41) is 8.86. The van der Waals surface area contributed by atoms with Crippen molar-refractivity contribution in [1.29, 1.82) is 0 Å². The number of halogens is 1. The fourth-order valence-corrected chi connectivity index (χ4v) is 3.46. The van der Waals surface area contributed by atoms with Crippen molar-refractivity contribution in [2.24, 2.45) is 12.8 Å². The molecule has 3 aromatic rings. The van der Waals surface area contributed by atoms with Crippen molar-refractivity contribution in [3.63, 3.8) is 0 Å². The number of carbonyl (C=O) groups excluding carboxylic acids is 1. The molecule has 0 fully saturated rings. The van der Waals surface area contributed by atoms with E-state index in [1.807, 2.05) is 49.5 Å². The van der Waals surface area contributed by atoms with Gasteiger partial charge in [-0.1, -0.05) is 65.8 Å². The first kappa shape index (κ1) is 18.3. The van der Waals surface area contributed by atoms with E-state index >= 15 is 0 Å². The van der Waals surface area contributed by atoms with Crippen LogP contribution < -0.4 is 10.5 Å². The third kappa shape index (κ3) is 4.17. The van der Waals surface area contributed by atoms with E-state index < -0.39 is 11.2 Å². The molecule has 8 heteroatoms.